The number of aromatic amines is 1. The van der Waals surface area contributed by atoms with Crippen molar-refractivity contribution in [3.05, 3.63) is 45.4 Å². The molecule has 0 saturated heterocycles. The van der Waals surface area contributed by atoms with Crippen LogP contribution in [-0.2, 0) is 0 Å². The molecule has 4 heteroatoms. The van der Waals surface area contributed by atoms with Crippen LogP contribution >= 0.6 is 11.6 Å². The maximum Gasteiger partial charge on any atom is 0.252 e. The third kappa shape index (κ3) is 3.04. The molecule has 19 heavy (non-hydrogen) atoms. The molecule has 2 aromatic rings. The molecule has 0 spiro atoms. The molecule has 2 rings (SSSR count). The number of hydrogen-bond donors (Lipinski definition) is 1. The summed E-state index contributed by atoms with van der Waals surface area (Å²) >= 11 is 5.62. The lowest BCUT2D eigenvalue weighted by Crippen LogP contribution is -2.12. The number of nitrogens with one attached hydrogen (secondary N) is 1. The molecule has 0 unspecified atom stereocenters. The van der Waals surface area contributed by atoms with E-state index in [1.807, 2.05) is 32.1 Å². The fourth-order valence-electron chi connectivity index (χ4n) is 1.94. The van der Waals surface area contributed by atoms with Crippen molar-refractivity contribution in [2.45, 2.75) is 26.7 Å². The van der Waals surface area contributed by atoms with Gasteiger partial charge in [0.05, 0.1) is 5.69 Å². The van der Waals surface area contributed by atoms with Gasteiger partial charge in [0, 0.05) is 16.8 Å². The van der Waals surface area contributed by atoms with E-state index in [2.05, 4.69) is 16.0 Å². The van der Waals surface area contributed by atoms with Crippen molar-refractivity contribution in [1.82, 2.24) is 9.97 Å². The Bertz CT molecular complexity index is 674. The van der Waals surface area contributed by atoms with Gasteiger partial charge in [0.2, 0.25) is 0 Å². The molecule has 0 aliphatic heterocycles. The van der Waals surface area contributed by atoms with Crippen molar-refractivity contribution in [2.75, 3.05) is 5.88 Å². The first kappa shape index (κ1) is 13.8. The van der Waals surface area contributed by atoms with Crippen LogP contribution in [0.15, 0.2) is 23.0 Å². The van der Waals surface area contributed by atoms with E-state index in [0.717, 1.165) is 35.0 Å². The molecule has 100 valence electrons. The van der Waals surface area contributed by atoms with Gasteiger partial charge in [-0.25, -0.2) is 4.98 Å². The van der Waals surface area contributed by atoms with Crippen molar-refractivity contribution in [2.24, 2.45) is 0 Å². The van der Waals surface area contributed by atoms with Crippen LogP contribution in [0.2, 0.25) is 0 Å². The van der Waals surface area contributed by atoms with E-state index in [1.165, 1.54) is 0 Å². The summed E-state index contributed by atoms with van der Waals surface area (Å²) in [5.74, 6) is 0.668. The predicted molar refractivity (Wildman–Crippen MR) is 80.8 cm³/mol. The van der Waals surface area contributed by atoms with Gasteiger partial charge in [0.15, 0.2) is 0 Å². The number of unbranched alkanes of at least 4 members (excludes halogenated alkanes) is 1. The van der Waals surface area contributed by atoms with E-state index in [0.29, 0.717) is 11.5 Å². The molecule has 3 nitrogen and oxygen atoms in total. The van der Waals surface area contributed by atoms with Crippen molar-refractivity contribution in [3.63, 3.8) is 0 Å². The standard InChI is InChI=1S/C15H17ClN2O/c1-10-11(2)15(19)18-14-13(10)8-7-12(17-14)6-4-3-5-9-16/h4,6-8H,3,5,9H2,1-2H3,(H,17,18,19)/b6-4+. The molecule has 2 heterocycles. The lowest BCUT2D eigenvalue weighted by atomic mass is 10.1. The zero-order valence-electron chi connectivity index (χ0n) is 11.2. The molecule has 0 amide bonds. The average molecular weight is 277 g/mol. The maximum absolute atomic E-state index is 11.7. The first-order valence-electron chi connectivity index (χ1n) is 6.36. The normalized spacial score (nSPS) is 11.5. The van der Waals surface area contributed by atoms with Gasteiger partial charge in [-0.3, -0.25) is 4.79 Å². The number of allylic oxidation sites excluding steroid dienone is 1. The van der Waals surface area contributed by atoms with E-state index < -0.39 is 0 Å². The Hall–Kier alpha value is -1.61. The largest absolute Gasteiger partial charge is 0.306 e. The maximum atomic E-state index is 11.7. The van der Waals surface area contributed by atoms with Gasteiger partial charge in [-0.2, -0.15) is 0 Å². The SMILES string of the molecule is Cc1c(C)c2ccc(/C=C/CCCCl)nc2[nH]c1=O. The Morgan fingerprint density at radius 2 is 2.11 bits per heavy atom. The van der Waals surface area contributed by atoms with Crippen molar-refractivity contribution in [1.29, 1.82) is 0 Å². The molecular weight excluding hydrogens is 260 g/mol. The molecule has 1 N–H and O–H groups in total. The highest BCUT2D eigenvalue weighted by atomic mass is 35.5. The smallest absolute Gasteiger partial charge is 0.252 e. The molecule has 0 fully saturated rings. The zero-order valence-corrected chi connectivity index (χ0v) is 11.9. The number of alkyl halides is 1. The number of fused-ring (bicyclic) bond motifs is 1. The highest BCUT2D eigenvalue weighted by Crippen LogP contribution is 2.16. The Morgan fingerprint density at radius 3 is 2.84 bits per heavy atom. The van der Waals surface area contributed by atoms with Crippen LogP contribution in [0.4, 0.5) is 0 Å². The number of halogens is 1. The number of pyridine rings is 2. The fraction of sp³-hybridized carbons (Fsp3) is 0.333. The third-order valence-electron chi connectivity index (χ3n) is 3.25. The second-order valence-electron chi connectivity index (χ2n) is 4.57. The van der Waals surface area contributed by atoms with Gasteiger partial charge in [0.25, 0.3) is 5.56 Å². The van der Waals surface area contributed by atoms with Gasteiger partial charge >= 0.3 is 0 Å². The molecular formula is C15H17ClN2O. The number of aryl methyl sites for hydroxylation is 1. The summed E-state index contributed by atoms with van der Waals surface area (Å²) in [6.07, 6.45) is 5.91. The summed E-state index contributed by atoms with van der Waals surface area (Å²) in [6, 6.07) is 3.96. The molecule has 0 aromatic carbocycles. The summed E-state index contributed by atoms with van der Waals surface area (Å²) in [6.45, 7) is 3.78. The highest BCUT2D eigenvalue weighted by Gasteiger charge is 2.05. The first-order chi connectivity index (χ1) is 9.13. The Morgan fingerprint density at radius 1 is 1.32 bits per heavy atom. The summed E-state index contributed by atoms with van der Waals surface area (Å²) in [5.41, 5.74) is 3.16. The molecule has 0 atom stereocenters. The minimum atomic E-state index is -0.0687. The predicted octanol–water partition coefficient (Wildman–Crippen LogP) is 3.57. The average Bonchev–Trinajstić information content (AvgIpc) is 2.41. The number of H-pyrrole nitrogens is 1. The van der Waals surface area contributed by atoms with Crippen LogP contribution in [-0.4, -0.2) is 15.8 Å². The first-order valence-corrected chi connectivity index (χ1v) is 6.89. The molecule has 0 bridgehead atoms. The Balaban J connectivity index is 2.39. The van der Waals surface area contributed by atoms with Crippen LogP contribution in [0.3, 0.4) is 0 Å². The molecule has 0 radical (unpaired) electrons. The fourth-order valence-corrected chi connectivity index (χ4v) is 2.09. The van der Waals surface area contributed by atoms with Crippen molar-refractivity contribution >= 4 is 28.7 Å². The van der Waals surface area contributed by atoms with Crippen LogP contribution in [0.5, 0.6) is 0 Å². The van der Waals surface area contributed by atoms with Gasteiger partial charge in [-0.1, -0.05) is 6.08 Å². The topological polar surface area (TPSA) is 45.8 Å². The zero-order chi connectivity index (χ0) is 13.8. The van der Waals surface area contributed by atoms with Crippen LogP contribution in [0.1, 0.15) is 29.7 Å². The van der Waals surface area contributed by atoms with Gasteiger partial charge in [-0.05, 0) is 50.5 Å². The molecule has 0 aliphatic rings. The van der Waals surface area contributed by atoms with E-state index >= 15 is 0 Å². The van der Waals surface area contributed by atoms with Gasteiger partial charge in [0.1, 0.15) is 5.65 Å². The summed E-state index contributed by atoms with van der Waals surface area (Å²) in [5, 5.41) is 0.995. The van der Waals surface area contributed by atoms with E-state index in [-0.39, 0.29) is 5.56 Å². The third-order valence-corrected chi connectivity index (χ3v) is 3.52. The van der Waals surface area contributed by atoms with E-state index in [4.69, 9.17) is 11.6 Å². The second-order valence-corrected chi connectivity index (χ2v) is 4.95. The minimum absolute atomic E-state index is 0.0687. The van der Waals surface area contributed by atoms with Crippen LogP contribution < -0.4 is 5.56 Å². The molecule has 0 aliphatic carbocycles. The second kappa shape index (κ2) is 6.02. The van der Waals surface area contributed by atoms with Crippen molar-refractivity contribution in [3.8, 4) is 0 Å². The lowest BCUT2D eigenvalue weighted by Gasteiger charge is -2.05. The van der Waals surface area contributed by atoms with Crippen molar-refractivity contribution < 1.29 is 0 Å². The number of nitrogens with zero attached hydrogens (tertiary/aromatic N) is 1. The molecule has 0 saturated carbocycles. The van der Waals surface area contributed by atoms with Gasteiger partial charge in [-0.15, -0.1) is 11.6 Å². The van der Waals surface area contributed by atoms with E-state index in [1.54, 1.807) is 0 Å². The minimum Gasteiger partial charge on any atom is -0.306 e. The van der Waals surface area contributed by atoms with Crippen LogP contribution in [0, 0.1) is 13.8 Å². The molecule has 2 aromatic heterocycles. The Kier molecular flexibility index (Phi) is 4.38. The lowest BCUT2D eigenvalue weighted by molar-refractivity contribution is 0.969. The summed E-state index contributed by atoms with van der Waals surface area (Å²) in [7, 11) is 0. The van der Waals surface area contributed by atoms with E-state index in [9.17, 15) is 4.79 Å². The number of hydrogen-bond acceptors (Lipinski definition) is 2. The summed E-state index contributed by atoms with van der Waals surface area (Å²) in [4.78, 5) is 19.0. The Labute approximate surface area is 117 Å². The summed E-state index contributed by atoms with van der Waals surface area (Å²) < 4.78 is 0. The quantitative estimate of drug-likeness (QED) is 0.685. The van der Waals surface area contributed by atoms with Gasteiger partial charge < -0.3 is 4.98 Å². The van der Waals surface area contributed by atoms with Crippen LogP contribution in [0.25, 0.3) is 17.1 Å². The number of rotatable bonds is 4. The monoisotopic (exact) mass is 276 g/mol. The highest BCUT2D eigenvalue weighted by molar-refractivity contribution is 6.17. The number of aromatic nitrogens is 2.